The molecule has 0 spiro atoms. The highest BCUT2D eigenvalue weighted by Gasteiger charge is 2.34. The molecule has 23 heavy (non-hydrogen) atoms. The van der Waals surface area contributed by atoms with Gasteiger partial charge in [0.2, 0.25) is 0 Å². The fraction of sp³-hybridized carbons (Fsp3) is 0.333. The van der Waals surface area contributed by atoms with Crippen LogP contribution in [0.4, 0.5) is 5.82 Å². The lowest BCUT2D eigenvalue weighted by Gasteiger charge is -2.30. The largest absolute Gasteiger partial charge is 0.382 e. The first kappa shape index (κ1) is 14.1. The number of benzene rings is 1. The topological polar surface area (TPSA) is 76.7 Å². The summed E-state index contributed by atoms with van der Waals surface area (Å²) in [5.74, 6) is 0.757. The van der Waals surface area contributed by atoms with Crippen LogP contribution in [0.15, 0.2) is 24.4 Å². The van der Waals surface area contributed by atoms with Crippen molar-refractivity contribution < 1.29 is 4.79 Å². The Morgan fingerprint density at radius 1 is 1.30 bits per heavy atom. The van der Waals surface area contributed by atoms with Crippen LogP contribution in [0.1, 0.15) is 41.9 Å². The second kappa shape index (κ2) is 4.47. The Bertz CT molecular complexity index is 945. The van der Waals surface area contributed by atoms with Crippen LogP contribution >= 0.6 is 0 Å². The van der Waals surface area contributed by atoms with Gasteiger partial charge in [0.25, 0.3) is 0 Å². The SMILES string of the molecule is Cc1cn(-c2ccc3c(N)n[nH]c3c2)c2c1C(=O)CC(C)(C)C2. The van der Waals surface area contributed by atoms with Crippen molar-refractivity contribution in [1.29, 1.82) is 0 Å². The van der Waals surface area contributed by atoms with Crippen LogP contribution in [0.2, 0.25) is 0 Å². The molecule has 0 bridgehead atoms. The molecular weight excluding hydrogens is 288 g/mol. The van der Waals surface area contributed by atoms with Gasteiger partial charge in [0.15, 0.2) is 11.6 Å². The van der Waals surface area contributed by atoms with E-state index in [9.17, 15) is 4.79 Å². The Morgan fingerprint density at radius 2 is 2.09 bits per heavy atom. The van der Waals surface area contributed by atoms with E-state index in [1.165, 1.54) is 0 Å². The van der Waals surface area contributed by atoms with Gasteiger partial charge in [-0.3, -0.25) is 9.89 Å². The highest BCUT2D eigenvalue weighted by atomic mass is 16.1. The zero-order valence-electron chi connectivity index (χ0n) is 13.6. The van der Waals surface area contributed by atoms with E-state index in [1.807, 2.05) is 25.1 Å². The molecule has 1 aliphatic rings. The van der Waals surface area contributed by atoms with Gasteiger partial charge in [-0.2, -0.15) is 5.10 Å². The second-order valence-corrected chi connectivity index (χ2v) is 7.28. The van der Waals surface area contributed by atoms with Crippen LogP contribution in [-0.4, -0.2) is 20.5 Å². The minimum atomic E-state index is -0.00482. The molecular formula is C18H20N4O. The highest BCUT2D eigenvalue weighted by Crippen LogP contribution is 2.38. The number of carbonyl (C=O) groups is 1. The smallest absolute Gasteiger partial charge is 0.165 e. The quantitative estimate of drug-likeness (QED) is 0.723. The number of fused-ring (bicyclic) bond motifs is 2. The number of aromatic nitrogens is 3. The Balaban J connectivity index is 1.92. The molecule has 1 aliphatic carbocycles. The molecule has 0 atom stereocenters. The molecule has 0 amide bonds. The summed E-state index contributed by atoms with van der Waals surface area (Å²) < 4.78 is 2.14. The second-order valence-electron chi connectivity index (χ2n) is 7.28. The summed E-state index contributed by atoms with van der Waals surface area (Å²) in [7, 11) is 0. The van der Waals surface area contributed by atoms with Gasteiger partial charge in [0, 0.05) is 34.9 Å². The number of rotatable bonds is 1. The van der Waals surface area contributed by atoms with Gasteiger partial charge in [0.05, 0.1) is 5.52 Å². The summed E-state index contributed by atoms with van der Waals surface area (Å²) in [4.78, 5) is 12.5. The third-order valence-electron chi connectivity index (χ3n) is 4.71. The van der Waals surface area contributed by atoms with Crippen LogP contribution < -0.4 is 5.73 Å². The number of nitrogens with one attached hydrogen (secondary N) is 1. The lowest BCUT2D eigenvalue weighted by atomic mass is 9.75. The first-order valence-electron chi connectivity index (χ1n) is 7.84. The molecule has 3 N–H and O–H groups in total. The van der Waals surface area contributed by atoms with Crippen molar-refractivity contribution in [2.45, 2.75) is 33.6 Å². The van der Waals surface area contributed by atoms with Crippen LogP contribution in [0.25, 0.3) is 16.6 Å². The average molecular weight is 308 g/mol. The van der Waals surface area contributed by atoms with Crippen molar-refractivity contribution in [3.63, 3.8) is 0 Å². The molecule has 0 unspecified atom stereocenters. The Hall–Kier alpha value is -2.56. The van der Waals surface area contributed by atoms with E-state index >= 15 is 0 Å². The molecule has 2 aromatic heterocycles. The molecule has 4 rings (SSSR count). The number of Topliss-reactive ketones (excluding diaryl/α,β-unsaturated/α-hetero) is 1. The van der Waals surface area contributed by atoms with Crippen molar-refractivity contribution >= 4 is 22.5 Å². The summed E-state index contributed by atoms with van der Waals surface area (Å²) in [6, 6.07) is 6.03. The number of nitrogens with two attached hydrogens (primary N) is 1. The minimum absolute atomic E-state index is 0.00482. The zero-order valence-corrected chi connectivity index (χ0v) is 13.6. The fourth-order valence-electron chi connectivity index (χ4n) is 3.69. The highest BCUT2D eigenvalue weighted by molar-refractivity contribution is 6.00. The number of aromatic amines is 1. The lowest BCUT2D eigenvalue weighted by molar-refractivity contribution is 0.0910. The molecule has 5 nitrogen and oxygen atoms in total. The van der Waals surface area contributed by atoms with Crippen molar-refractivity contribution in [2.24, 2.45) is 5.41 Å². The minimum Gasteiger partial charge on any atom is -0.382 e. The Labute approximate surface area is 134 Å². The van der Waals surface area contributed by atoms with E-state index in [2.05, 4.69) is 34.8 Å². The predicted octanol–water partition coefficient (Wildman–Crippen LogP) is 3.40. The Morgan fingerprint density at radius 3 is 2.87 bits per heavy atom. The van der Waals surface area contributed by atoms with Gasteiger partial charge in [-0.25, -0.2) is 0 Å². The molecule has 118 valence electrons. The van der Waals surface area contributed by atoms with E-state index in [1.54, 1.807) is 0 Å². The lowest BCUT2D eigenvalue weighted by Crippen LogP contribution is -2.28. The molecule has 0 fully saturated rings. The van der Waals surface area contributed by atoms with Gasteiger partial charge >= 0.3 is 0 Å². The monoisotopic (exact) mass is 308 g/mol. The number of nitrogen functional groups attached to an aromatic ring is 1. The number of nitrogens with zero attached hydrogens (tertiary/aromatic N) is 2. The Kier molecular flexibility index (Phi) is 2.73. The maximum atomic E-state index is 12.5. The van der Waals surface area contributed by atoms with E-state index < -0.39 is 0 Å². The maximum Gasteiger partial charge on any atom is 0.165 e. The zero-order chi connectivity index (χ0) is 16.4. The third kappa shape index (κ3) is 2.07. The molecule has 5 heteroatoms. The average Bonchev–Trinajstić information content (AvgIpc) is 2.98. The van der Waals surface area contributed by atoms with Crippen LogP contribution in [0.5, 0.6) is 0 Å². The van der Waals surface area contributed by atoms with Gasteiger partial charge < -0.3 is 10.3 Å². The number of H-pyrrole nitrogens is 1. The van der Waals surface area contributed by atoms with Gasteiger partial charge in [0.1, 0.15) is 0 Å². The number of ketones is 1. The molecule has 0 saturated heterocycles. The number of aryl methyl sites for hydroxylation is 1. The predicted molar refractivity (Wildman–Crippen MR) is 91.0 cm³/mol. The van der Waals surface area contributed by atoms with Crippen LogP contribution in [0, 0.1) is 12.3 Å². The van der Waals surface area contributed by atoms with E-state index in [-0.39, 0.29) is 11.2 Å². The van der Waals surface area contributed by atoms with Crippen LogP contribution in [0.3, 0.4) is 0 Å². The van der Waals surface area contributed by atoms with Crippen molar-refractivity contribution in [1.82, 2.24) is 14.8 Å². The normalized spacial score (nSPS) is 16.7. The van der Waals surface area contributed by atoms with E-state index in [4.69, 9.17) is 5.73 Å². The van der Waals surface area contributed by atoms with Crippen LogP contribution in [-0.2, 0) is 6.42 Å². The van der Waals surface area contributed by atoms with Crippen molar-refractivity contribution in [3.05, 3.63) is 41.2 Å². The van der Waals surface area contributed by atoms with Crippen molar-refractivity contribution in [2.75, 3.05) is 5.73 Å². The molecule has 0 aliphatic heterocycles. The van der Waals surface area contributed by atoms with Gasteiger partial charge in [-0.05, 0) is 42.5 Å². The van der Waals surface area contributed by atoms with Crippen molar-refractivity contribution in [3.8, 4) is 5.69 Å². The number of hydrogen-bond donors (Lipinski definition) is 2. The number of anilines is 1. The summed E-state index contributed by atoms with van der Waals surface area (Å²) in [6.07, 6.45) is 3.57. The first-order valence-corrected chi connectivity index (χ1v) is 7.84. The molecule has 2 heterocycles. The number of hydrogen-bond acceptors (Lipinski definition) is 3. The molecule has 3 aromatic rings. The maximum absolute atomic E-state index is 12.5. The standard InChI is InChI=1S/C18H20N4O/c1-10-9-22(14-7-18(2,3)8-15(23)16(10)14)11-4-5-12-13(6-11)20-21-17(12)19/h4-6,9H,7-8H2,1-3H3,(H3,19,20,21). The fourth-order valence-corrected chi connectivity index (χ4v) is 3.69. The van der Waals surface area contributed by atoms with Gasteiger partial charge in [-0.1, -0.05) is 13.8 Å². The van der Waals surface area contributed by atoms with E-state index in [0.717, 1.165) is 39.8 Å². The summed E-state index contributed by atoms with van der Waals surface area (Å²) >= 11 is 0. The number of carbonyl (C=O) groups excluding carboxylic acids is 1. The first-order chi connectivity index (χ1) is 10.9. The molecule has 0 radical (unpaired) electrons. The summed E-state index contributed by atoms with van der Waals surface area (Å²) in [6.45, 7) is 6.32. The van der Waals surface area contributed by atoms with Gasteiger partial charge in [-0.15, -0.1) is 0 Å². The van der Waals surface area contributed by atoms with E-state index in [0.29, 0.717) is 12.2 Å². The summed E-state index contributed by atoms with van der Waals surface area (Å²) in [5, 5.41) is 7.92. The molecule has 0 saturated carbocycles. The summed E-state index contributed by atoms with van der Waals surface area (Å²) in [5.41, 5.74) is 10.8. The molecule has 1 aromatic carbocycles. The third-order valence-corrected chi connectivity index (χ3v) is 4.71.